The van der Waals surface area contributed by atoms with Crippen LogP contribution in [-0.4, -0.2) is 30.0 Å². The van der Waals surface area contributed by atoms with Gasteiger partial charge in [0, 0.05) is 24.7 Å². The number of nitrogens with zero attached hydrogens (tertiary/aromatic N) is 2. The average Bonchev–Trinajstić information content (AvgIpc) is 3.05. The van der Waals surface area contributed by atoms with Crippen molar-refractivity contribution in [1.29, 1.82) is 0 Å². The highest BCUT2D eigenvalue weighted by Gasteiger charge is 2.24. The van der Waals surface area contributed by atoms with Crippen molar-refractivity contribution in [1.82, 2.24) is 9.97 Å². The van der Waals surface area contributed by atoms with Crippen molar-refractivity contribution in [3.8, 4) is 0 Å². The van der Waals surface area contributed by atoms with Crippen molar-refractivity contribution < 1.29 is 9.53 Å². The summed E-state index contributed by atoms with van der Waals surface area (Å²) in [7, 11) is 3.83. The van der Waals surface area contributed by atoms with E-state index in [0.29, 0.717) is 22.7 Å². The normalized spacial score (nSPS) is 17.0. The molecule has 1 N–H and O–H groups in total. The first kappa shape index (κ1) is 19.6. The number of anilines is 1. The molecule has 0 saturated heterocycles. The number of thiophene rings is 1. The molecule has 4 rings (SSSR count). The van der Waals surface area contributed by atoms with E-state index >= 15 is 0 Å². The van der Waals surface area contributed by atoms with Gasteiger partial charge in [-0.25, -0.2) is 9.78 Å². The second-order valence-electron chi connectivity index (χ2n) is 7.98. The Balaban J connectivity index is 1.60. The molecule has 0 amide bonds. The minimum absolute atomic E-state index is 0.144. The molecule has 1 aromatic carbocycles. The predicted molar refractivity (Wildman–Crippen MR) is 116 cm³/mol. The van der Waals surface area contributed by atoms with Crippen LogP contribution in [0.2, 0.25) is 0 Å². The third kappa shape index (κ3) is 3.79. The van der Waals surface area contributed by atoms with E-state index in [0.717, 1.165) is 35.3 Å². The summed E-state index contributed by atoms with van der Waals surface area (Å²) in [5.74, 6) is 0.571. The summed E-state index contributed by atoms with van der Waals surface area (Å²) in [6.07, 6.45) is 2.37. The van der Waals surface area contributed by atoms with Crippen LogP contribution in [-0.2, 0) is 17.6 Å². The summed E-state index contributed by atoms with van der Waals surface area (Å²) in [5.41, 5.74) is 2.38. The van der Waals surface area contributed by atoms with Crippen molar-refractivity contribution in [2.75, 3.05) is 19.0 Å². The molecule has 0 unspecified atom stereocenters. The molecule has 0 radical (unpaired) electrons. The molecular formula is C22H25N3O3S. The zero-order chi connectivity index (χ0) is 20.7. The standard InChI is InChI=1S/C22H25N3O3S/c1-12-8-9-16-17(10-12)29-21-18(16)20(26)23-19(24-21)13(2)28-22(27)14-6-5-7-15(11-14)25(3)4/h5-7,11-13H,8-10H2,1-4H3,(H,23,24,26)/t12-,13-/m1/s1. The summed E-state index contributed by atoms with van der Waals surface area (Å²) in [5, 5.41) is 0.706. The van der Waals surface area contributed by atoms with E-state index in [1.807, 2.05) is 31.1 Å². The van der Waals surface area contributed by atoms with Gasteiger partial charge in [0.2, 0.25) is 0 Å². The topological polar surface area (TPSA) is 75.3 Å². The summed E-state index contributed by atoms with van der Waals surface area (Å²) in [4.78, 5) is 36.7. The van der Waals surface area contributed by atoms with Crippen molar-refractivity contribution in [2.45, 2.75) is 39.2 Å². The molecule has 0 spiro atoms. The van der Waals surface area contributed by atoms with Crippen LogP contribution in [0.1, 0.15) is 53.0 Å². The lowest BCUT2D eigenvalue weighted by molar-refractivity contribution is 0.0320. The number of hydrogen-bond donors (Lipinski definition) is 1. The lowest BCUT2D eigenvalue weighted by atomic mass is 9.89. The van der Waals surface area contributed by atoms with Crippen LogP contribution in [0, 0.1) is 5.92 Å². The highest BCUT2D eigenvalue weighted by Crippen LogP contribution is 2.36. The fourth-order valence-corrected chi connectivity index (χ4v) is 5.14. The summed E-state index contributed by atoms with van der Waals surface area (Å²) < 4.78 is 5.59. The first-order chi connectivity index (χ1) is 13.8. The van der Waals surface area contributed by atoms with Gasteiger partial charge in [0.25, 0.3) is 5.56 Å². The number of aryl methyl sites for hydroxylation is 1. The molecule has 0 saturated carbocycles. The number of nitrogens with one attached hydrogen (secondary N) is 1. The van der Waals surface area contributed by atoms with Gasteiger partial charge in [-0.15, -0.1) is 11.3 Å². The van der Waals surface area contributed by atoms with E-state index in [1.165, 1.54) is 4.88 Å². The number of ether oxygens (including phenoxy) is 1. The highest BCUT2D eigenvalue weighted by molar-refractivity contribution is 7.18. The molecule has 6 nitrogen and oxygen atoms in total. The first-order valence-corrected chi connectivity index (χ1v) is 10.7. The monoisotopic (exact) mass is 411 g/mol. The van der Waals surface area contributed by atoms with Crippen molar-refractivity contribution >= 4 is 33.2 Å². The van der Waals surface area contributed by atoms with Crippen LogP contribution in [0.5, 0.6) is 0 Å². The minimum Gasteiger partial charge on any atom is -0.451 e. The third-order valence-corrected chi connectivity index (χ3v) is 6.60. The van der Waals surface area contributed by atoms with Gasteiger partial charge in [0.15, 0.2) is 11.9 Å². The maximum Gasteiger partial charge on any atom is 0.338 e. The van der Waals surface area contributed by atoms with Gasteiger partial charge >= 0.3 is 5.97 Å². The Morgan fingerprint density at radius 1 is 1.38 bits per heavy atom. The summed E-state index contributed by atoms with van der Waals surface area (Å²) >= 11 is 1.59. The smallest absolute Gasteiger partial charge is 0.338 e. The average molecular weight is 412 g/mol. The Labute approximate surface area is 173 Å². The number of rotatable bonds is 4. The molecule has 7 heteroatoms. The van der Waals surface area contributed by atoms with Crippen LogP contribution in [0.15, 0.2) is 29.1 Å². The van der Waals surface area contributed by atoms with Crippen LogP contribution in [0.25, 0.3) is 10.2 Å². The number of fused-ring (bicyclic) bond motifs is 3. The molecule has 152 valence electrons. The second-order valence-corrected chi connectivity index (χ2v) is 9.06. The van der Waals surface area contributed by atoms with E-state index in [1.54, 1.807) is 30.4 Å². The zero-order valence-electron chi connectivity index (χ0n) is 17.1. The SMILES string of the molecule is C[C@@H]1CCc2c(sc3nc([C@@H](C)OC(=O)c4cccc(N(C)C)c4)[nH]c(=O)c23)C1. The number of aromatic amines is 1. The Morgan fingerprint density at radius 3 is 2.93 bits per heavy atom. The highest BCUT2D eigenvalue weighted by atomic mass is 32.1. The minimum atomic E-state index is -0.652. The molecule has 2 heterocycles. The Morgan fingerprint density at radius 2 is 2.17 bits per heavy atom. The third-order valence-electron chi connectivity index (χ3n) is 5.45. The Hall–Kier alpha value is -2.67. The van der Waals surface area contributed by atoms with Gasteiger partial charge in [-0.3, -0.25) is 4.79 Å². The number of esters is 1. The largest absolute Gasteiger partial charge is 0.451 e. The fraction of sp³-hybridized carbons (Fsp3) is 0.409. The van der Waals surface area contributed by atoms with Gasteiger partial charge in [-0.2, -0.15) is 0 Å². The molecule has 2 atom stereocenters. The number of hydrogen-bond acceptors (Lipinski definition) is 6. The van der Waals surface area contributed by atoms with Crippen LogP contribution >= 0.6 is 11.3 Å². The van der Waals surface area contributed by atoms with Crippen LogP contribution in [0.3, 0.4) is 0 Å². The molecule has 29 heavy (non-hydrogen) atoms. The maximum absolute atomic E-state index is 12.8. The van der Waals surface area contributed by atoms with Gasteiger partial charge in [-0.05, 0) is 55.9 Å². The molecular weight excluding hydrogens is 386 g/mol. The van der Waals surface area contributed by atoms with Crippen molar-refractivity contribution in [2.24, 2.45) is 5.92 Å². The number of benzene rings is 1. The van der Waals surface area contributed by atoms with E-state index in [2.05, 4.69) is 16.9 Å². The number of H-pyrrole nitrogens is 1. The van der Waals surface area contributed by atoms with E-state index in [9.17, 15) is 9.59 Å². The van der Waals surface area contributed by atoms with Gasteiger partial charge in [-0.1, -0.05) is 13.0 Å². The quantitative estimate of drug-likeness (QED) is 0.655. The van der Waals surface area contributed by atoms with Gasteiger partial charge < -0.3 is 14.6 Å². The first-order valence-electron chi connectivity index (χ1n) is 9.86. The molecule has 1 aliphatic carbocycles. The molecule has 2 aromatic heterocycles. The second kappa shape index (κ2) is 7.63. The zero-order valence-corrected chi connectivity index (χ0v) is 17.9. The van der Waals surface area contributed by atoms with E-state index in [4.69, 9.17) is 4.74 Å². The lowest BCUT2D eigenvalue weighted by Crippen LogP contribution is -2.18. The van der Waals surface area contributed by atoms with Crippen molar-refractivity contribution in [3.05, 3.63) is 56.4 Å². The van der Waals surface area contributed by atoms with E-state index in [-0.39, 0.29) is 5.56 Å². The summed E-state index contributed by atoms with van der Waals surface area (Å²) in [6, 6.07) is 7.24. The molecule has 0 fully saturated rings. The van der Waals surface area contributed by atoms with Gasteiger partial charge in [0.1, 0.15) is 4.83 Å². The fourth-order valence-electron chi connectivity index (χ4n) is 3.75. The summed E-state index contributed by atoms with van der Waals surface area (Å²) in [6.45, 7) is 3.97. The molecule has 0 aliphatic heterocycles. The number of carbonyl (C=O) groups excluding carboxylic acids is 1. The number of aromatic nitrogens is 2. The Kier molecular flexibility index (Phi) is 5.17. The molecule has 0 bridgehead atoms. The predicted octanol–water partition coefficient (Wildman–Crippen LogP) is 4.09. The Bertz CT molecular complexity index is 1130. The van der Waals surface area contributed by atoms with Crippen molar-refractivity contribution in [3.63, 3.8) is 0 Å². The van der Waals surface area contributed by atoms with Gasteiger partial charge in [0.05, 0.1) is 10.9 Å². The van der Waals surface area contributed by atoms with Crippen LogP contribution in [0.4, 0.5) is 5.69 Å². The molecule has 3 aromatic rings. The van der Waals surface area contributed by atoms with Crippen LogP contribution < -0.4 is 10.5 Å². The molecule has 1 aliphatic rings. The number of carbonyl (C=O) groups is 1. The maximum atomic E-state index is 12.8. The van der Waals surface area contributed by atoms with E-state index < -0.39 is 12.1 Å². The lowest BCUT2D eigenvalue weighted by Gasteiger charge is -2.17.